The highest BCUT2D eigenvalue weighted by Crippen LogP contribution is 2.21. The summed E-state index contributed by atoms with van der Waals surface area (Å²) >= 11 is 0. The van der Waals surface area contributed by atoms with Gasteiger partial charge in [0.15, 0.2) is 6.29 Å². The fourth-order valence-electron chi connectivity index (χ4n) is 2.10. The summed E-state index contributed by atoms with van der Waals surface area (Å²) < 4.78 is 5.65. The van der Waals surface area contributed by atoms with E-state index in [4.69, 9.17) is 4.74 Å². The van der Waals surface area contributed by atoms with E-state index in [2.05, 4.69) is 23.7 Å². The van der Waals surface area contributed by atoms with E-state index in [1.807, 2.05) is 12.1 Å². The predicted molar refractivity (Wildman–Crippen MR) is 66.5 cm³/mol. The Morgan fingerprint density at radius 1 is 1.59 bits per heavy atom. The maximum atomic E-state index is 10.6. The van der Waals surface area contributed by atoms with Crippen LogP contribution in [0.4, 0.5) is 5.82 Å². The number of pyridine rings is 1. The third-order valence-corrected chi connectivity index (χ3v) is 3.14. The molecule has 4 heteroatoms. The van der Waals surface area contributed by atoms with Crippen molar-refractivity contribution in [3.63, 3.8) is 0 Å². The second-order valence-corrected chi connectivity index (χ2v) is 4.43. The SMILES string of the molecule is CCC1COC(C)CN1c1ccc(C=O)cn1. The molecule has 1 aromatic heterocycles. The lowest BCUT2D eigenvalue weighted by Gasteiger charge is -2.39. The van der Waals surface area contributed by atoms with E-state index in [0.29, 0.717) is 11.6 Å². The largest absolute Gasteiger partial charge is 0.375 e. The van der Waals surface area contributed by atoms with Gasteiger partial charge >= 0.3 is 0 Å². The van der Waals surface area contributed by atoms with Crippen LogP contribution in [0.15, 0.2) is 18.3 Å². The van der Waals surface area contributed by atoms with Gasteiger partial charge in [0, 0.05) is 18.3 Å². The number of rotatable bonds is 3. The highest BCUT2D eigenvalue weighted by molar-refractivity contribution is 5.74. The lowest BCUT2D eigenvalue weighted by Crippen LogP contribution is -2.49. The first-order chi connectivity index (χ1) is 8.24. The summed E-state index contributed by atoms with van der Waals surface area (Å²) in [4.78, 5) is 17.2. The molecule has 1 aromatic rings. The van der Waals surface area contributed by atoms with Gasteiger partial charge in [0.2, 0.25) is 0 Å². The van der Waals surface area contributed by atoms with Crippen LogP contribution in [0.5, 0.6) is 0 Å². The van der Waals surface area contributed by atoms with Gasteiger partial charge in [-0.1, -0.05) is 6.92 Å². The molecule has 1 saturated heterocycles. The Balaban J connectivity index is 2.19. The molecule has 1 fully saturated rings. The molecule has 0 aliphatic carbocycles. The number of carbonyl (C=O) groups is 1. The molecule has 0 amide bonds. The van der Waals surface area contributed by atoms with Crippen molar-refractivity contribution < 1.29 is 9.53 Å². The second kappa shape index (κ2) is 5.27. The van der Waals surface area contributed by atoms with E-state index in [9.17, 15) is 4.79 Å². The number of anilines is 1. The molecule has 0 bridgehead atoms. The van der Waals surface area contributed by atoms with Crippen molar-refractivity contribution in [2.75, 3.05) is 18.1 Å². The first-order valence-electron chi connectivity index (χ1n) is 6.04. The molecule has 1 aliphatic heterocycles. The van der Waals surface area contributed by atoms with E-state index in [1.54, 1.807) is 6.20 Å². The minimum atomic E-state index is 0.227. The highest BCUT2D eigenvalue weighted by Gasteiger charge is 2.26. The number of morpholine rings is 1. The lowest BCUT2D eigenvalue weighted by molar-refractivity contribution is 0.0296. The standard InChI is InChI=1S/C13H18N2O2/c1-3-12-9-17-10(2)7-15(12)13-5-4-11(8-16)6-14-13/h4-6,8,10,12H,3,7,9H2,1-2H3. The van der Waals surface area contributed by atoms with Crippen LogP contribution in [0.25, 0.3) is 0 Å². The zero-order valence-electron chi connectivity index (χ0n) is 10.3. The molecule has 92 valence electrons. The van der Waals surface area contributed by atoms with E-state index < -0.39 is 0 Å². The van der Waals surface area contributed by atoms with Crippen molar-refractivity contribution >= 4 is 12.1 Å². The Kier molecular flexibility index (Phi) is 3.74. The van der Waals surface area contributed by atoms with Crippen molar-refractivity contribution in [3.05, 3.63) is 23.9 Å². The number of hydrogen-bond donors (Lipinski definition) is 0. The Bertz CT molecular complexity index is 378. The quantitative estimate of drug-likeness (QED) is 0.749. The van der Waals surface area contributed by atoms with Crippen molar-refractivity contribution in [1.82, 2.24) is 4.98 Å². The van der Waals surface area contributed by atoms with E-state index in [1.165, 1.54) is 0 Å². The molecule has 2 unspecified atom stereocenters. The van der Waals surface area contributed by atoms with Crippen LogP contribution in [0.3, 0.4) is 0 Å². The number of hydrogen-bond acceptors (Lipinski definition) is 4. The van der Waals surface area contributed by atoms with Crippen LogP contribution in [-0.4, -0.2) is 36.6 Å². The minimum Gasteiger partial charge on any atom is -0.375 e. The molecule has 4 nitrogen and oxygen atoms in total. The van der Waals surface area contributed by atoms with E-state index in [0.717, 1.165) is 31.7 Å². The first-order valence-corrected chi connectivity index (χ1v) is 6.04. The molecule has 0 saturated carbocycles. The van der Waals surface area contributed by atoms with Crippen molar-refractivity contribution in [2.24, 2.45) is 0 Å². The molecular weight excluding hydrogens is 216 g/mol. The molecule has 2 atom stereocenters. The predicted octanol–water partition coefficient (Wildman–Crippen LogP) is 1.90. The summed E-state index contributed by atoms with van der Waals surface area (Å²) in [6.07, 6.45) is 3.69. The number of carbonyl (C=O) groups excluding carboxylic acids is 1. The average Bonchev–Trinajstić information content (AvgIpc) is 2.39. The van der Waals surface area contributed by atoms with Gasteiger partial charge in [-0.05, 0) is 25.5 Å². The zero-order chi connectivity index (χ0) is 12.3. The Morgan fingerprint density at radius 3 is 3.00 bits per heavy atom. The zero-order valence-corrected chi connectivity index (χ0v) is 10.3. The highest BCUT2D eigenvalue weighted by atomic mass is 16.5. The monoisotopic (exact) mass is 234 g/mol. The maximum Gasteiger partial charge on any atom is 0.151 e. The maximum absolute atomic E-state index is 10.6. The summed E-state index contributed by atoms with van der Waals surface area (Å²) in [5.41, 5.74) is 0.614. The van der Waals surface area contributed by atoms with Gasteiger partial charge in [0.05, 0.1) is 18.8 Å². The van der Waals surface area contributed by atoms with Crippen LogP contribution in [0.1, 0.15) is 30.6 Å². The van der Waals surface area contributed by atoms with Crippen LogP contribution < -0.4 is 4.90 Å². The third kappa shape index (κ3) is 2.64. The molecule has 0 N–H and O–H groups in total. The molecular formula is C13H18N2O2. The summed E-state index contributed by atoms with van der Waals surface area (Å²) in [5.74, 6) is 0.928. The molecule has 2 heterocycles. The fraction of sp³-hybridized carbons (Fsp3) is 0.538. The van der Waals surface area contributed by atoms with Crippen molar-refractivity contribution in [1.29, 1.82) is 0 Å². The molecule has 0 spiro atoms. The topological polar surface area (TPSA) is 42.4 Å². The van der Waals surface area contributed by atoms with E-state index in [-0.39, 0.29) is 6.10 Å². The second-order valence-electron chi connectivity index (χ2n) is 4.43. The Morgan fingerprint density at radius 2 is 2.41 bits per heavy atom. The molecule has 17 heavy (non-hydrogen) atoms. The van der Waals surface area contributed by atoms with Gasteiger partial charge in [0.25, 0.3) is 0 Å². The summed E-state index contributed by atoms with van der Waals surface area (Å²) in [6.45, 7) is 5.82. The number of ether oxygens (including phenoxy) is 1. The van der Waals surface area contributed by atoms with E-state index >= 15 is 0 Å². The molecule has 1 aliphatic rings. The third-order valence-electron chi connectivity index (χ3n) is 3.14. The van der Waals surface area contributed by atoms with Gasteiger partial charge in [-0.15, -0.1) is 0 Å². The number of aldehydes is 1. The molecule has 0 radical (unpaired) electrons. The van der Waals surface area contributed by atoms with Gasteiger partial charge in [0.1, 0.15) is 5.82 Å². The van der Waals surface area contributed by atoms with Crippen LogP contribution in [0.2, 0.25) is 0 Å². The van der Waals surface area contributed by atoms with Gasteiger partial charge in [-0.2, -0.15) is 0 Å². The average molecular weight is 234 g/mol. The van der Waals surface area contributed by atoms with Gasteiger partial charge < -0.3 is 9.64 Å². The minimum absolute atomic E-state index is 0.227. The van der Waals surface area contributed by atoms with Crippen LogP contribution in [0, 0.1) is 0 Å². The first kappa shape index (κ1) is 12.0. The van der Waals surface area contributed by atoms with Gasteiger partial charge in [-0.25, -0.2) is 4.98 Å². The molecule has 0 aromatic carbocycles. The smallest absolute Gasteiger partial charge is 0.151 e. The summed E-state index contributed by atoms with van der Waals surface area (Å²) in [6, 6.07) is 4.09. The van der Waals surface area contributed by atoms with Crippen molar-refractivity contribution in [2.45, 2.75) is 32.4 Å². The molecule has 2 rings (SSSR count). The Labute approximate surface area is 102 Å². The van der Waals surface area contributed by atoms with Crippen LogP contribution in [-0.2, 0) is 4.74 Å². The lowest BCUT2D eigenvalue weighted by atomic mass is 10.1. The summed E-state index contributed by atoms with van der Waals surface area (Å²) in [5, 5.41) is 0. The normalized spacial score (nSPS) is 24.7. The Hall–Kier alpha value is -1.42. The van der Waals surface area contributed by atoms with Crippen molar-refractivity contribution in [3.8, 4) is 0 Å². The summed E-state index contributed by atoms with van der Waals surface area (Å²) in [7, 11) is 0. The number of aromatic nitrogens is 1. The van der Waals surface area contributed by atoms with Crippen LogP contribution >= 0.6 is 0 Å². The number of nitrogens with zero attached hydrogens (tertiary/aromatic N) is 2. The fourth-order valence-corrected chi connectivity index (χ4v) is 2.10. The van der Waals surface area contributed by atoms with Gasteiger partial charge in [-0.3, -0.25) is 4.79 Å².